The lowest BCUT2D eigenvalue weighted by molar-refractivity contribution is -0.130. The summed E-state index contributed by atoms with van der Waals surface area (Å²) >= 11 is 3.50. The zero-order chi connectivity index (χ0) is 12.8. The lowest BCUT2D eigenvalue weighted by Gasteiger charge is -2.22. The van der Waals surface area contributed by atoms with Crippen molar-refractivity contribution in [2.75, 3.05) is 18.4 Å². The summed E-state index contributed by atoms with van der Waals surface area (Å²) in [5, 5.41) is 1.07. The molecule has 1 aliphatic carbocycles. The third-order valence-corrected chi connectivity index (χ3v) is 5.10. The summed E-state index contributed by atoms with van der Waals surface area (Å²) in [6.45, 7) is 2.01. The van der Waals surface area contributed by atoms with Crippen LogP contribution >= 0.6 is 15.9 Å². The normalized spacial score (nSPS) is 25.6. The maximum atomic E-state index is 12.2. The first-order valence-corrected chi connectivity index (χ1v) is 8.75. The minimum absolute atomic E-state index is 0.414. The van der Waals surface area contributed by atoms with Crippen molar-refractivity contribution < 1.29 is 4.79 Å². The summed E-state index contributed by atoms with van der Waals surface area (Å²) in [6.07, 6.45) is 11.3. The Bertz CT molecular complexity index is 263. The van der Waals surface area contributed by atoms with Crippen LogP contribution in [0, 0.1) is 11.8 Å². The van der Waals surface area contributed by atoms with Gasteiger partial charge in [-0.2, -0.15) is 0 Å². The lowest BCUT2D eigenvalue weighted by atomic mass is 9.86. The van der Waals surface area contributed by atoms with E-state index in [-0.39, 0.29) is 0 Å². The van der Waals surface area contributed by atoms with E-state index >= 15 is 0 Å². The van der Waals surface area contributed by atoms with E-state index in [2.05, 4.69) is 20.8 Å². The number of carbonyl (C=O) groups excluding carboxylic acids is 1. The van der Waals surface area contributed by atoms with Crippen LogP contribution in [0.1, 0.15) is 57.8 Å². The molecule has 1 unspecified atom stereocenters. The van der Waals surface area contributed by atoms with E-state index in [4.69, 9.17) is 0 Å². The highest BCUT2D eigenvalue weighted by atomic mass is 79.9. The molecule has 0 N–H and O–H groups in total. The van der Waals surface area contributed by atoms with E-state index in [1.54, 1.807) is 0 Å². The van der Waals surface area contributed by atoms with E-state index in [1.807, 2.05) is 0 Å². The highest BCUT2D eigenvalue weighted by Gasteiger charge is 2.26. The Morgan fingerprint density at radius 3 is 2.56 bits per heavy atom. The molecule has 1 heterocycles. The lowest BCUT2D eigenvalue weighted by Crippen LogP contribution is -2.29. The average molecular weight is 316 g/mol. The SMILES string of the molecule is O=C(CCC1CCCCC1)N1CCC(CCBr)C1. The largest absolute Gasteiger partial charge is 0.342 e. The second-order valence-corrected chi connectivity index (χ2v) is 6.81. The molecule has 0 aromatic heterocycles. The van der Waals surface area contributed by atoms with Crippen LogP contribution in [0.5, 0.6) is 0 Å². The van der Waals surface area contributed by atoms with Gasteiger partial charge in [-0.05, 0) is 31.1 Å². The molecule has 104 valence electrons. The zero-order valence-electron chi connectivity index (χ0n) is 11.4. The zero-order valence-corrected chi connectivity index (χ0v) is 13.0. The minimum Gasteiger partial charge on any atom is -0.342 e. The maximum Gasteiger partial charge on any atom is 0.222 e. The van der Waals surface area contributed by atoms with Gasteiger partial charge in [0.1, 0.15) is 0 Å². The summed E-state index contributed by atoms with van der Waals surface area (Å²) in [7, 11) is 0. The highest BCUT2D eigenvalue weighted by molar-refractivity contribution is 9.09. The highest BCUT2D eigenvalue weighted by Crippen LogP contribution is 2.28. The molecule has 1 amide bonds. The second kappa shape index (κ2) is 7.52. The third-order valence-electron chi connectivity index (χ3n) is 4.65. The van der Waals surface area contributed by atoms with Crippen LogP contribution in [-0.4, -0.2) is 29.2 Å². The van der Waals surface area contributed by atoms with Crippen molar-refractivity contribution >= 4 is 21.8 Å². The van der Waals surface area contributed by atoms with Gasteiger partial charge in [0.25, 0.3) is 0 Å². The summed E-state index contributed by atoms with van der Waals surface area (Å²) in [5.74, 6) is 1.99. The van der Waals surface area contributed by atoms with Crippen LogP contribution in [0.25, 0.3) is 0 Å². The monoisotopic (exact) mass is 315 g/mol. The van der Waals surface area contributed by atoms with Gasteiger partial charge in [0.2, 0.25) is 5.91 Å². The fraction of sp³-hybridized carbons (Fsp3) is 0.933. The van der Waals surface area contributed by atoms with Crippen molar-refractivity contribution in [2.24, 2.45) is 11.8 Å². The van der Waals surface area contributed by atoms with Gasteiger partial charge in [0, 0.05) is 24.8 Å². The second-order valence-electron chi connectivity index (χ2n) is 6.01. The minimum atomic E-state index is 0.414. The van der Waals surface area contributed by atoms with Gasteiger partial charge in [0.05, 0.1) is 0 Å². The molecule has 0 aromatic carbocycles. The molecule has 3 heteroatoms. The predicted molar refractivity (Wildman–Crippen MR) is 78.9 cm³/mol. The molecule has 2 aliphatic rings. The Labute approximate surface area is 120 Å². The van der Waals surface area contributed by atoms with Gasteiger partial charge in [-0.25, -0.2) is 0 Å². The maximum absolute atomic E-state index is 12.2. The van der Waals surface area contributed by atoms with Gasteiger partial charge in [-0.3, -0.25) is 4.79 Å². The summed E-state index contributed by atoms with van der Waals surface area (Å²) in [4.78, 5) is 14.3. The predicted octanol–water partition coefficient (Wildman–Crippen LogP) is 3.98. The molecule has 1 aliphatic heterocycles. The number of hydrogen-bond acceptors (Lipinski definition) is 1. The molecule has 0 aromatic rings. The Morgan fingerprint density at radius 2 is 1.83 bits per heavy atom. The average Bonchev–Trinajstić information content (AvgIpc) is 2.86. The first-order valence-electron chi connectivity index (χ1n) is 7.63. The van der Waals surface area contributed by atoms with E-state index in [1.165, 1.54) is 44.9 Å². The number of hydrogen-bond donors (Lipinski definition) is 0. The fourth-order valence-electron chi connectivity index (χ4n) is 3.41. The Hall–Kier alpha value is -0.0500. The first kappa shape index (κ1) is 14.4. The van der Waals surface area contributed by atoms with Gasteiger partial charge in [-0.1, -0.05) is 48.0 Å². The van der Waals surface area contributed by atoms with E-state index in [0.717, 1.165) is 43.1 Å². The van der Waals surface area contributed by atoms with Crippen LogP contribution in [0.15, 0.2) is 0 Å². The van der Waals surface area contributed by atoms with E-state index < -0.39 is 0 Å². The molecule has 2 nitrogen and oxygen atoms in total. The number of carbonyl (C=O) groups is 1. The van der Waals surface area contributed by atoms with Gasteiger partial charge in [0.15, 0.2) is 0 Å². The van der Waals surface area contributed by atoms with Crippen LogP contribution in [0.3, 0.4) is 0 Å². The smallest absolute Gasteiger partial charge is 0.222 e. The van der Waals surface area contributed by atoms with Gasteiger partial charge in [-0.15, -0.1) is 0 Å². The van der Waals surface area contributed by atoms with Crippen molar-refractivity contribution in [1.82, 2.24) is 4.90 Å². The van der Waals surface area contributed by atoms with Crippen molar-refractivity contribution in [3.8, 4) is 0 Å². The van der Waals surface area contributed by atoms with E-state index in [9.17, 15) is 4.79 Å². The van der Waals surface area contributed by atoms with Crippen molar-refractivity contribution in [1.29, 1.82) is 0 Å². The van der Waals surface area contributed by atoms with Crippen LogP contribution in [0.4, 0.5) is 0 Å². The fourth-order valence-corrected chi connectivity index (χ4v) is 4.06. The molecule has 0 bridgehead atoms. The number of amides is 1. The van der Waals surface area contributed by atoms with Crippen LogP contribution in [0.2, 0.25) is 0 Å². The van der Waals surface area contributed by atoms with Crippen molar-refractivity contribution in [3.63, 3.8) is 0 Å². The molecule has 1 atom stereocenters. The number of nitrogens with zero attached hydrogens (tertiary/aromatic N) is 1. The topological polar surface area (TPSA) is 20.3 Å². The summed E-state index contributed by atoms with van der Waals surface area (Å²) in [6, 6.07) is 0. The first-order chi connectivity index (χ1) is 8.79. The van der Waals surface area contributed by atoms with Crippen LogP contribution in [-0.2, 0) is 4.79 Å². The van der Waals surface area contributed by atoms with Crippen molar-refractivity contribution in [2.45, 2.75) is 57.8 Å². The molecule has 2 fully saturated rings. The Kier molecular flexibility index (Phi) is 6.00. The van der Waals surface area contributed by atoms with Gasteiger partial charge < -0.3 is 4.90 Å². The molecule has 0 radical (unpaired) electrons. The molecular formula is C15H26BrNO. The number of halogens is 1. The number of rotatable bonds is 5. The molecular weight excluding hydrogens is 290 g/mol. The Balaban J connectivity index is 1.65. The molecule has 2 rings (SSSR count). The van der Waals surface area contributed by atoms with Crippen LogP contribution < -0.4 is 0 Å². The molecule has 18 heavy (non-hydrogen) atoms. The Morgan fingerprint density at radius 1 is 1.06 bits per heavy atom. The van der Waals surface area contributed by atoms with E-state index in [0.29, 0.717) is 5.91 Å². The number of alkyl halides is 1. The molecule has 0 spiro atoms. The quantitative estimate of drug-likeness (QED) is 0.703. The van der Waals surface area contributed by atoms with Crippen molar-refractivity contribution in [3.05, 3.63) is 0 Å². The summed E-state index contributed by atoms with van der Waals surface area (Å²) in [5.41, 5.74) is 0. The molecule has 1 saturated carbocycles. The standard InChI is InChI=1S/C15H26BrNO/c16-10-8-14-9-11-17(12-14)15(18)7-6-13-4-2-1-3-5-13/h13-14H,1-12H2. The summed E-state index contributed by atoms with van der Waals surface area (Å²) < 4.78 is 0. The number of likely N-dealkylation sites (tertiary alicyclic amines) is 1. The molecule has 1 saturated heterocycles. The van der Waals surface area contributed by atoms with Gasteiger partial charge >= 0.3 is 0 Å². The third kappa shape index (κ3) is 4.25.